The van der Waals surface area contributed by atoms with E-state index in [4.69, 9.17) is 0 Å². The Morgan fingerprint density at radius 1 is 1.15 bits per heavy atom. The molecule has 3 heteroatoms. The molecule has 2 atom stereocenters. The number of rotatable bonds is 3. The smallest absolute Gasteiger partial charge is 0.228 e. The summed E-state index contributed by atoms with van der Waals surface area (Å²) in [5.41, 5.74) is 3.22. The van der Waals surface area contributed by atoms with Crippen LogP contribution in [-0.4, -0.2) is 5.91 Å². The maximum absolute atomic E-state index is 12.3. The Morgan fingerprint density at radius 3 is 2.65 bits per heavy atom. The molecule has 1 aliphatic carbocycles. The molecule has 2 nitrogen and oxygen atoms in total. The molecule has 0 unspecified atom stereocenters. The third-order valence-corrected chi connectivity index (χ3v) is 4.74. The van der Waals surface area contributed by atoms with Gasteiger partial charge in [-0.05, 0) is 42.5 Å². The molecule has 2 aromatic carbocycles. The summed E-state index contributed by atoms with van der Waals surface area (Å²) in [5, 5.41) is 3.04. The molecule has 20 heavy (non-hydrogen) atoms. The number of anilines is 1. The van der Waals surface area contributed by atoms with Crippen LogP contribution in [-0.2, 0) is 4.79 Å². The minimum absolute atomic E-state index is 0.107. The fraction of sp³-hybridized carbons (Fsp3) is 0.235. The van der Waals surface area contributed by atoms with Crippen LogP contribution >= 0.6 is 15.9 Å². The highest BCUT2D eigenvalue weighted by molar-refractivity contribution is 9.10. The van der Waals surface area contributed by atoms with E-state index in [2.05, 4.69) is 33.4 Å². The maximum atomic E-state index is 12.3. The molecule has 1 fully saturated rings. The van der Waals surface area contributed by atoms with Crippen LogP contribution in [0, 0.1) is 12.8 Å². The lowest BCUT2D eigenvalue weighted by atomic mass is 10.1. The van der Waals surface area contributed by atoms with Gasteiger partial charge < -0.3 is 5.32 Å². The molecule has 1 N–H and O–H groups in total. The van der Waals surface area contributed by atoms with Gasteiger partial charge in [-0.3, -0.25) is 4.79 Å². The van der Waals surface area contributed by atoms with E-state index in [1.54, 1.807) is 0 Å². The number of amides is 1. The topological polar surface area (TPSA) is 29.1 Å². The summed E-state index contributed by atoms with van der Waals surface area (Å²) in [6, 6.07) is 16.1. The molecular formula is C17H16BrNO. The highest BCUT2D eigenvalue weighted by atomic mass is 79.9. The minimum Gasteiger partial charge on any atom is -0.326 e. The van der Waals surface area contributed by atoms with Gasteiger partial charge in [0, 0.05) is 16.1 Å². The summed E-state index contributed by atoms with van der Waals surface area (Å²) in [6.07, 6.45) is 0.947. The molecule has 2 aromatic rings. The first kappa shape index (κ1) is 13.4. The molecule has 0 aliphatic heterocycles. The molecule has 1 amide bonds. The number of carbonyl (C=O) groups excluding carboxylic acids is 1. The second-order valence-corrected chi connectivity index (χ2v) is 6.12. The predicted molar refractivity (Wildman–Crippen MR) is 84.8 cm³/mol. The van der Waals surface area contributed by atoms with Gasteiger partial charge in [-0.2, -0.15) is 0 Å². The molecule has 102 valence electrons. The number of benzene rings is 2. The van der Waals surface area contributed by atoms with E-state index in [0.29, 0.717) is 5.92 Å². The quantitative estimate of drug-likeness (QED) is 0.882. The Morgan fingerprint density at radius 2 is 1.90 bits per heavy atom. The number of halogens is 1. The number of hydrogen-bond donors (Lipinski definition) is 1. The van der Waals surface area contributed by atoms with E-state index >= 15 is 0 Å². The average molecular weight is 330 g/mol. The Hall–Kier alpha value is -1.61. The maximum Gasteiger partial charge on any atom is 0.228 e. The zero-order chi connectivity index (χ0) is 14.1. The van der Waals surface area contributed by atoms with Gasteiger partial charge in [0.15, 0.2) is 0 Å². The van der Waals surface area contributed by atoms with Crippen molar-refractivity contribution in [3.8, 4) is 0 Å². The standard InChI is InChI=1S/C17H16BrNO/c1-11-15(18)8-5-9-16(11)19-17(20)14-10-13(14)12-6-3-2-4-7-12/h2-9,13-14H,10H2,1H3,(H,19,20)/t13-,14+/m0/s1. The third kappa shape index (κ3) is 2.63. The van der Waals surface area contributed by atoms with Crippen LogP contribution in [0.4, 0.5) is 5.69 Å². The number of nitrogens with one attached hydrogen (secondary N) is 1. The van der Waals surface area contributed by atoms with Gasteiger partial charge in [0.05, 0.1) is 0 Å². The normalized spacial score (nSPS) is 20.5. The van der Waals surface area contributed by atoms with Crippen molar-refractivity contribution < 1.29 is 4.79 Å². The van der Waals surface area contributed by atoms with Gasteiger partial charge in [-0.25, -0.2) is 0 Å². The fourth-order valence-corrected chi connectivity index (χ4v) is 2.89. The Kier molecular flexibility index (Phi) is 3.62. The van der Waals surface area contributed by atoms with Gasteiger partial charge in [-0.1, -0.05) is 52.3 Å². The molecule has 0 spiro atoms. The minimum atomic E-state index is 0.107. The summed E-state index contributed by atoms with van der Waals surface area (Å²) < 4.78 is 1.02. The lowest BCUT2D eigenvalue weighted by Crippen LogP contribution is -2.15. The van der Waals surface area contributed by atoms with Gasteiger partial charge in [0.1, 0.15) is 0 Å². The first-order valence-electron chi connectivity index (χ1n) is 6.77. The van der Waals surface area contributed by atoms with E-state index < -0.39 is 0 Å². The van der Waals surface area contributed by atoms with Crippen molar-refractivity contribution in [1.82, 2.24) is 0 Å². The van der Waals surface area contributed by atoms with Crippen LogP contribution in [0.15, 0.2) is 53.0 Å². The molecule has 0 radical (unpaired) electrons. The molecule has 0 heterocycles. The molecule has 1 saturated carbocycles. The average Bonchev–Trinajstić information content (AvgIpc) is 3.25. The summed E-state index contributed by atoms with van der Waals surface area (Å²) in [7, 11) is 0. The van der Waals surface area contributed by atoms with E-state index in [1.165, 1.54) is 5.56 Å². The zero-order valence-electron chi connectivity index (χ0n) is 11.3. The van der Waals surface area contributed by atoms with Crippen molar-refractivity contribution in [1.29, 1.82) is 0 Å². The monoisotopic (exact) mass is 329 g/mol. The number of carbonyl (C=O) groups is 1. The van der Waals surface area contributed by atoms with E-state index in [1.807, 2.05) is 43.3 Å². The van der Waals surface area contributed by atoms with Crippen molar-refractivity contribution in [2.75, 3.05) is 5.32 Å². The van der Waals surface area contributed by atoms with Gasteiger partial charge in [-0.15, -0.1) is 0 Å². The second kappa shape index (κ2) is 5.41. The Bertz CT molecular complexity index is 639. The fourth-order valence-electron chi connectivity index (χ4n) is 2.52. The summed E-state index contributed by atoms with van der Waals surface area (Å²) in [5.74, 6) is 0.611. The molecule has 0 bridgehead atoms. The zero-order valence-corrected chi connectivity index (χ0v) is 12.9. The first-order valence-corrected chi connectivity index (χ1v) is 7.57. The highest BCUT2D eigenvalue weighted by Gasteiger charge is 2.43. The molecular weight excluding hydrogens is 314 g/mol. The molecule has 3 rings (SSSR count). The largest absolute Gasteiger partial charge is 0.326 e. The second-order valence-electron chi connectivity index (χ2n) is 5.26. The van der Waals surface area contributed by atoms with E-state index in [0.717, 1.165) is 22.1 Å². The lowest BCUT2D eigenvalue weighted by molar-refractivity contribution is -0.117. The van der Waals surface area contributed by atoms with E-state index in [-0.39, 0.29) is 11.8 Å². The third-order valence-electron chi connectivity index (χ3n) is 3.88. The van der Waals surface area contributed by atoms with Crippen LogP contribution in [0.5, 0.6) is 0 Å². The highest BCUT2D eigenvalue weighted by Crippen LogP contribution is 2.48. The van der Waals surface area contributed by atoms with E-state index in [9.17, 15) is 4.79 Å². The van der Waals surface area contributed by atoms with Gasteiger partial charge >= 0.3 is 0 Å². The molecule has 0 saturated heterocycles. The van der Waals surface area contributed by atoms with Crippen LogP contribution in [0.2, 0.25) is 0 Å². The van der Waals surface area contributed by atoms with Crippen molar-refractivity contribution in [3.05, 3.63) is 64.1 Å². The predicted octanol–water partition coefficient (Wildman–Crippen LogP) is 4.50. The van der Waals surface area contributed by atoms with Crippen LogP contribution in [0.25, 0.3) is 0 Å². The van der Waals surface area contributed by atoms with Crippen molar-refractivity contribution >= 4 is 27.5 Å². The summed E-state index contributed by atoms with van der Waals surface area (Å²) in [4.78, 5) is 12.3. The van der Waals surface area contributed by atoms with Crippen LogP contribution < -0.4 is 5.32 Å². The van der Waals surface area contributed by atoms with Crippen molar-refractivity contribution in [2.45, 2.75) is 19.3 Å². The van der Waals surface area contributed by atoms with Crippen molar-refractivity contribution in [3.63, 3.8) is 0 Å². The van der Waals surface area contributed by atoms with Crippen LogP contribution in [0.1, 0.15) is 23.5 Å². The lowest BCUT2D eigenvalue weighted by Gasteiger charge is -2.09. The van der Waals surface area contributed by atoms with Gasteiger partial charge in [0.25, 0.3) is 0 Å². The summed E-state index contributed by atoms with van der Waals surface area (Å²) in [6.45, 7) is 2.00. The Labute approximate surface area is 127 Å². The van der Waals surface area contributed by atoms with Crippen LogP contribution in [0.3, 0.4) is 0 Å². The molecule has 0 aromatic heterocycles. The Balaban J connectivity index is 1.69. The first-order chi connectivity index (χ1) is 9.66. The van der Waals surface area contributed by atoms with Crippen molar-refractivity contribution in [2.24, 2.45) is 5.92 Å². The van der Waals surface area contributed by atoms with Gasteiger partial charge in [0.2, 0.25) is 5.91 Å². The number of hydrogen-bond acceptors (Lipinski definition) is 1. The SMILES string of the molecule is Cc1c(Br)cccc1NC(=O)[C@@H]1C[C@H]1c1ccccc1. The summed E-state index contributed by atoms with van der Waals surface area (Å²) >= 11 is 3.49. The molecule has 1 aliphatic rings.